The molecule has 1 aliphatic heterocycles. The summed E-state index contributed by atoms with van der Waals surface area (Å²) in [5.41, 5.74) is 1.09. The maximum absolute atomic E-state index is 12.8. The third kappa shape index (κ3) is 5.06. The lowest BCUT2D eigenvalue weighted by Gasteiger charge is -2.22. The first-order valence-electron chi connectivity index (χ1n) is 9.21. The minimum Gasteiger partial charge on any atom is -0.481 e. The van der Waals surface area contributed by atoms with E-state index >= 15 is 0 Å². The van der Waals surface area contributed by atoms with Crippen LogP contribution in [0.5, 0.6) is 0 Å². The number of methoxy groups -OCH3 is 1. The molecule has 0 aliphatic carbocycles. The van der Waals surface area contributed by atoms with Gasteiger partial charge in [0.1, 0.15) is 21.9 Å². The lowest BCUT2D eigenvalue weighted by Crippen LogP contribution is -2.44. The fraction of sp³-hybridized carbons (Fsp3) is 0.190. The van der Waals surface area contributed by atoms with E-state index in [0.717, 1.165) is 16.7 Å². The van der Waals surface area contributed by atoms with Gasteiger partial charge in [-0.3, -0.25) is 14.5 Å². The summed E-state index contributed by atoms with van der Waals surface area (Å²) in [7, 11) is 1.29. The molecular weight excluding hydrogens is 458 g/mol. The highest BCUT2D eigenvalue weighted by Gasteiger charge is 2.40. The van der Waals surface area contributed by atoms with Crippen molar-refractivity contribution in [2.45, 2.75) is 18.9 Å². The number of nitrogens with zero attached hydrogens (tertiary/aromatic N) is 1. The monoisotopic (exact) mass is 475 g/mol. The van der Waals surface area contributed by atoms with Crippen molar-refractivity contribution in [3.8, 4) is 11.3 Å². The van der Waals surface area contributed by atoms with Crippen LogP contribution in [0.15, 0.2) is 45.7 Å². The van der Waals surface area contributed by atoms with E-state index in [9.17, 15) is 24.3 Å². The van der Waals surface area contributed by atoms with Crippen LogP contribution in [0.3, 0.4) is 0 Å². The molecular formula is C21H17NO8S2. The molecule has 0 radical (unpaired) electrons. The van der Waals surface area contributed by atoms with E-state index in [1.54, 1.807) is 36.4 Å². The zero-order valence-electron chi connectivity index (χ0n) is 16.6. The predicted octanol–water partition coefficient (Wildman–Crippen LogP) is 3.25. The number of carboxylic acid groups (broad SMARTS) is 2. The fourth-order valence-corrected chi connectivity index (χ4v) is 4.31. The van der Waals surface area contributed by atoms with E-state index < -0.39 is 36.3 Å². The van der Waals surface area contributed by atoms with E-state index in [2.05, 4.69) is 4.74 Å². The van der Waals surface area contributed by atoms with E-state index in [-0.39, 0.29) is 15.6 Å². The molecule has 1 saturated heterocycles. The number of ether oxygens (including phenoxy) is 1. The van der Waals surface area contributed by atoms with Gasteiger partial charge in [-0.15, -0.1) is 0 Å². The Balaban J connectivity index is 1.79. The molecule has 0 spiro atoms. The van der Waals surface area contributed by atoms with Crippen molar-refractivity contribution in [1.82, 2.24) is 4.90 Å². The van der Waals surface area contributed by atoms with Crippen LogP contribution in [0.2, 0.25) is 0 Å². The standard InChI is InChI=1S/C21H17NO8S2/c1-29-20(28)12-4-2-11(3-5-12)15-8-6-13(30-15)10-16-18(25)22(21(31)32-16)14(19(26)27)7-9-17(23)24/h2-6,8,10,14H,7,9H2,1H3,(H,23,24)(H,26,27)/b16-10-. The normalized spacial score (nSPS) is 15.8. The van der Waals surface area contributed by atoms with E-state index in [1.807, 2.05) is 0 Å². The quantitative estimate of drug-likeness (QED) is 0.333. The highest BCUT2D eigenvalue weighted by Crippen LogP contribution is 2.35. The molecule has 1 amide bonds. The minimum absolute atomic E-state index is 0.0317. The molecule has 1 unspecified atom stereocenters. The lowest BCUT2D eigenvalue weighted by atomic mass is 10.1. The Morgan fingerprint density at radius 3 is 2.47 bits per heavy atom. The SMILES string of the molecule is COC(=O)c1ccc(-c2ccc(/C=C3\SC(=S)N(C(CCC(=O)O)C(=O)O)C3=O)o2)cc1. The Bertz CT molecular complexity index is 1120. The van der Waals surface area contributed by atoms with Crippen molar-refractivity contribution in [2.24, 2.45) is 0 Å². The third-order valence-corrected chi connectivity index (χ3v) is 5.87. The van der Waals surface area contributed by atoms with Gasteiger partial charge in [0.2, 0.25) is 0 Å². The summed E-state index contributed by atoms with van der Waals surface area (Å²) >= 11 is 6.08. The van der Waals surface area contributed by atoms with Crippen molar-refractivity contribution in [2.75, 3.05) is 7.11 Å². The average molecular weight is 476 g/mol. The van der Waals surface area contributed by atoms with Crippen LogP contribution >= 0.6 is 24.0 Å². The number of esters is 1. The summed E-state index contributed by atoms with van der Waals surface area (Å²) in [5, 5.41) is 18.3. The molecule has 0 bridgehead atoms. The Morgan fingerprint density at radius 1 is 1.19 bits per heavy atom. The van der Waals surface area contributed by atoms with Crippen molar-refractivity contribution in [1.29, 1.82) is 0 Å². The number of thioether (sulfide) groups is 1. The number of carbonyl (C=O) groups excluding carboxylic acids is 2. The second-order valence-corrected chi connectivity index (χ2v) is 8.28. The maximum atomic E-state index is 12.8. The first kappa shape index (κ1) is 23.2. The van der Waals surface area contributed by atoms with Gasteiger partial charge in [0.05, 0.1) is 17.6 Å². The topological polar surface area (TPSA) is 134 Å². The Labute approximate surface area is 191 Å². The molecule has 11 heteroatoms. The van der Waals surface area contributed by atoms with Gasteiger partial charge >= 0.3 is 17.9 Å². The first-order chi connectivity index (χ1) is 15.2. The van der Waals surface area contributed by atoms with E-state index in [4.69, 9.17) is 21.7 Å². The molecule has 2 N–H and O–H groups in total. The molecule has 1 atom stereocenters. The molecule has 1 fully saturated rings. The summed E-state index contributed by atoms with van der Waals surface area (Å²) in [6.45, 7) is 0. The molecule has 0 saturated carbocycles. The molecule has 1 aromatic carbocycles. The van der Waals surface area contributed by atoms with Crippen LogP contribution in [0.4, 0.5) is 0 Å². The van der Waals surface area contributed by atoms with E-state index in [1.165, 1.54) is 13.2 Å². The summed E-state index contributed by atoms with van der Waals surface area (Å²) < 4.78 is 10.4. The van der Waals surface area contributed by atoms with Crippen LogP contribution in [-0.2, 0) is 19.1 Å². The van der Waals surface area contributed by atoms with Gasteiger partial charge in [-0.2, -0.15) is 0 Å². The van der Waals surface area contributed by atoms with Crippen LogP contribution in [0.25, 0.3) is 17.4 Å². The van der Waals surface area contributed by atoms with Gasteiger partial charge in [0.25, 0.3) is 5.91 Å². The Kier molecular flexibility index (Phi) is 7.11. The maximum Gasteiger partial charge on any atom is 0.337 e. The summed E-state index contributed by atoms with van der Waals surface area (Å²) in [6, 6.07) is 8.52. The molecule has 2 heterocycles. The first-order valence-corrected chi connectivity index (χ1v) is 10.4. The molecule has 2 aromatic rings. The largest absolute Gasteiger partial charge is 0.481 e. The number of thiocarbonyl (C=S) groups is 1. The van der Waals surface area contributed by atoms with Gasteiger partial charge < -0.3 is 19.4 Å². The molecule has 166 valence electrons. The fourth-order valence-electron chi connectivity index (χ4n) is 2.97. The Hall–Kier alpha value is -3.44. The number of carboxylic acids is 2. The van der Waals surface area contributed by atoms with Crippen LogP contribution < -0.4 is 0 Å². The predicted molar refractivity (Wildman–Crippen MR) is 119 cm³/mol. The second kappa shape index (κ2) is 9.79. The molecule has 9 nitrogen and oxygen atoms in total. The number of carbonyl (C=O) groups is 4. The van der Waals surface area contributed by atoms with Gasteiger partial charge in [0, 0.05) is 18.1 Å². The number of hydrogen-bond acceptors (Lipinski definition) is 8. The minimum atomic E-state index is -1.37. The smallest absolute Gasteiger partial charge is 0.337 e. The van der Waals surface area contributed by atoms with Gasteiger partial charge in [-0.05, 0) is 30.7 Å². The number of hydrogen-bond donors (Lipinski definition) is 2. The average Bonchev–Trinajstić information content (AvgIpc) is 3.33. The van der Waals surface area contributed by atoms with E-state index in [0.29, 0.717) is 22.6 Å². The third-order valence-electron chi connectivity index (χ3n) is 4.54. The molecule has 3 rings (SSSR count). The zero-order valence-corrected chi connectivity index (χ0v) is 18.3. The number of benzene rings is 1. The lowest BCUT2D eigenvalue weighted by molar-refractivity contribution is -0.146. The Morgan fingerprint density at radius 2 is 1.88 bits per heavy atom. The number of aliphatic carboxylic acids is 2. The van der Waals surface area contributed by atoms with Crippen molar-refractivity contribution in [3.63, 3.8) is 0 Å². The van der Waals surface area contributed by atoms with Crippen LogP contribution in [0, 0.1) is 0 Å². The second-order valence-electron chi connectivity index (χ2n) is 6.61. The summed E-state index contributed by atoms with van der Waals surface area (Å²) in [4.78, 5) is 47.8. The van der Waals surface area contributed by atoms with Crippen LogP contribution in [0.1, 0.15) is 29.0 Å². The van der Waals surface area contributed by atoms with Gasteiger partial charge in [0.15, 0.2) is 0 Å². The number of amides is 1. The highest BCUT2D eigenvalue weighted by molar-refractivity contribution is 8.26. The number of rotatable bonds is 8. The van der Waals surface area contributed by atoms with Crippen molar-refractivity contribution in [3.05, 3.63) is 52.6 Å². The molecule has 1 aromatic heterocycles. The summed E-state index contributed by atoms with van der Waals surface area (Å²) in [5.74, 6) is -2.75. The number of furan rings is 1. The van der Waals surface area contributed by atoms with Crippen molar-refractivity contribution >= 4 is 58.2 Å². The van der Waals surface area contributed by atoms with Gasteiger partial charge in [-0.25, -0.2) is 9.59 Å². The van der Waals surface area contributed by atoms with Gasteiger partial charge in [-0.1, -0.05) is 36.1 Å². The molecule has 1 aliphatic rings. The zero-order chi connectivity index (χ0) is 23.4. The van der Waals surface area contributed by atoms with Crippen LogP contribution in [-0.4, -0.2) is 56.4 Å². The highest BCUT2D eigenvalue weighted by atomic mass is 32.2. The van der Waals surface area contributed by atoms with Crippen molar-refractivity contribution < 1.29 is 38.5 Å². The summed E-state index contributed by atoms with van der Waals surface area (Å²) in [6.07, 6.45) is 0.766. The molecule has 32 heavy (non-hydrogen) atoms.